The van der Waals surface area contributed by atoms with Crippen LogP contribution < -0.4 is 10.6 Å². The van der Waals surface area contributed by atoms with Gasteiger partial charge in [-0.3, -0.25) is 0 Å². The van der Waals surface area contributed by atoms with Crippen LogP contribution in [0.2, 0.25) is 0 Å². The minimum atomic E-state index is -0.455. The first kappa shape index (κ1) is 13.7. The van der Waals surface area contributed by atoms with Gasteiger partial charge in [-0.15, -0.1) is 0 Å². The van der Waals surface area contributed by atoms with Gasteiger partial charge in [-0.25, -0.2) is 4.79 Å². The number of hydrogen-bond acceptors (Lipinski definition) is 3. The topological polar surface area (TPSA) is 50.4 Å². The Bertz CT molecular complexity index is 464. The van der Waals surface area contributed by atoms with E-state index in [1.54, 1.807) is 0 Å². The molecule has 0 aliphatic carbocycles. The van der Waals surface area contributed by atoms with E-state index in [9.17, 15) is 4.79 Å². The fourth-order valence-corrected chi connectivity index (χ4v) is 2.13. The van der Waals surface area contributed by atoms with Crippen molar-refractivity contribution in [2.45, 2.75) is 45.8 Å². The van der Waals surface area contributed by atoms with Crippen molar-refractivity contribution in [3.63, 3.8) is 0 Å². The molecule has 104 valence electrons. The molecule has 1 aliphatic rings. The predicted octanol–water partition coefficient (Wildman–Crippen LogP) is 3.07. The van der Waals surface area contributed by atoms with E-state index >= 15 is 0 Å². The Morgan fingerprint density at radius 3 is 2.95 bits per heavy atom. The van der Waals surface area contributed by atoms with Gasteiger partial charge in [0, 0.05) is 18.8 Å². The van der Waals surface area contributed by atoms with Crippen molar-refractivity contribution < 1.29 is 9.53 Å². The number of aryl methyl sites for hydroxylation is 1. The Hall–Kier alpha value is -1.71. The first-order valence-electron chi connectivity index (χ1n) is 6.76. The van der Waals surface area contributed by atoms with Crippen molar-refractivity contribution in [1.29, 1.82) is 0 Å². The minimum Gasteiger partial charge on any atom is -0.444 e. The van der Waals surface area contributed by atoms with Crippen molar-refractivity contribution in [1.82, 2.24) is 5.32 Å². The number of hydrogen-bond donors (Lipinski definition) is 2. The van der Waals surface area contributed by atoms with Crippen LogP contribution in [0.4, 0.5) is 10.5 Å². The third kappa shape index (κ3) is 4.16. The summed E-state index contributed by atoms with van der Waals surface area (Å²) in [7, 11) is 0. The van der Waals surface area contributed by atoms with Crippen LogP contribution >= 0.6 is 0 Å². The number of carbonyl (C=O) groups is 1. The van der Waals surface area contributed by atoms with Crippen molar-refractivity contribution >= 4 is 11.8 Å². The lowest BCUT2D eigenvalue weighted by atomic mass is 10.0. The summed E-state index contributed by atoms with van der Waals surface area (Å²) in [4.78, 5) is 11.6. The molecular weight excluding hydrogens is 240 g/mol. The van der Waals surface area contributed by atoms with Crippen LogP contribution in [0.3, 0.4) is 0 Å². The number of benzene rings is 1. The van der Waals surface area contributed by atoms with E-state index in [0.29, 0.717) is 6.54 Å². The SMILES string of the molecule is CC(C)(C)OC(=O)NCc1ccc2c(c1)CCCN2. The summed E-state index contributed by atoms with van der Waals surface area (Å²) in [5, 5.41) is 6.15. The normalized spacial score (nSPS) is 14.3. The molecule has 19 heavy (non-hydrogen) atoms. The van der Waals surface area contributed by atoms with E-state index in [2.05, 4.69) is 22.8 Å². The van der Waals surface area contributed by atoms with Gasteiger partial charge in [0.05, 0.1) is 0 Å². The molecule has 0 atom stereocenters. The molecule has 0 radical (unpaired) electrons. The average Bonchev–Trinajstić information content (AvgIpc) is 2.34. The van der Waals surface area contributed by atoms with E-state index in [1.165, 1.54) is 11.3 Å². The standard InChI is InChI=1S/C15H22N2O2/c1-15(2,3)19-14(18)17-10-11-6-7-13-12(9-11)5-4-8-16-13/h6-7,9,16H,4-5,8,10H2,1-3H3,(H,17,18). The summed E-state index contributed by atoms with van der Waals surface area (Å²) in [5.74, 6) is 0. The first-order chi connectivity index (χ1) is 8.94. The zero-order chi connectivity index (χ0) is 13.9. The molecule has 1 amide bonds. The maximum Gasteiger partial charge on any atom is 0.407 e. The number of carbonyl (C=O) groups excluding carboxylic acids is 1. The molecule has 0 saturated carbocycles. The summed E-state index contributed by atoms with van der Waals surface area (Å²) < 4.78 is 5.21. The predicted molar refractivity (Wildman–Crippen MR) is 76.3 cm³/mol. The second kappa shape index (κ2) is 5.51. The summed E-state index contributed by atoms with van der Waals surface area (Å²) in [6, 6.07) is 6.27. The van der Waals surface area contributed by atoms with Gasteiger partial charge in [0.15, 0.2) is 0 Å². The van der Waals surface area contributed by atoms with Gasteiger partial charge in [-0.1, -0.05) is 12.1 Å². The van der Waals surface area contributed by atoms with Crippen LogP contribution in [0.25, 0.3) is 0 Å². The molecule has 0 spiro atoms. The second-order valence-corrected chi connectivity index (χ2v) is 5.88. The Kier molecular flexibility index (Phi) is 3.98. The number of anilines is 1. The Morgan fingerprint density at radius 1 is 1.42 bits per heavy atom. The number of alkyl carbamates (subject to hydrolysis) is 1. The molecule has 0 fully saturated rings. The van der Waals surface area contributed by atoms with Crippen LogP contribution in [0.15, 0.2) is 18.2 Å². The quantitative estimate of drug-likeness (QED) is 0.861. The fourth-order valence-electron chi connectivity index (χ4n) is 2.13. The molecule has 0 bridgehead atoms. The van der Waals surface area contributed by atoms with E-state index in [-0.39, 0.29) is 6.09 Å². The number of nitrogens with one attached hydrogen (secondary N) is 2. The number of fused-ring (bicyclic) bond motifs is 1. The van der Waals surface area contributed by atoms with E-state index in [4.69, 9.17) is 4.74 Å². The van der Waals surface area contributed by atoms with Crippen molar-refractivity contribution in [2.24, 2.45) is 0 Å². The Labute approximate surface area is 114 Å². The largest absolute Gasteiger partial charge is 0.444 e. The first-order valence-corrected chi connectivity index (χ1v) is 6.76. The Balaban J connectivity index is 1.91. The highest BCUT2D eigenvalue weighted by Gasteiger charge is 2.16. The van der Waals surface area contributed by atoms with Gasteiger partial charge in [-0.2, -0.15) is 0 Å². The summed E-state index contributed by atoms with van der Waals surface area (Å²) >= 11 is 0. The molecule has 0 aromatic heterocycles. The van der Waals surface area contributed by atoms with E-state index in [1.807, 2.05) is 26.8 Å². The van der Waals surface area contributed by atoms with Gasteiger partial charge in [-0.05, 0) is 50.8 Å². The third-order valence-corrected chi connectivity index (χ3v) is 2.94. The number of amides is 1. The van der Waals surface area contributed by atoms with Gasteiger partial charge >= 0.3 is 6.09 Å². The van der Waals surface area contributed by atoms with E-state index < -0.39 is 5.60 Å². The van der Waals surface area contributed by atoms with Crippen LogP contribution in [-0.4, -0.2) is 18.2 Å². The van der Waals surface area contributed by atoms with Crippen LogP contribution in [0, 0.1) is 0 Å². The lowest BCUT2D eigenvalue weighted by Crippen LogP contribution is -2.32. The summed E-state index contributed by atoms with van der Waals surface area (Å²) in [5.41, 5.74) is 3.19. The lowest BCUT2D eigenvalue weighted by Gasteiger charge is -2.20. The summed E-state index contributed by atoms with van der Waals surface area (Å²) in [6.07, 6.45) is 1.89. The molecule has 2 N–H and O–H groups in total. The highest BCUT2D eigenvalue weighted by Crippen LogP contribution is 2.22. The van der Waals surface area contributed by atoms with Crippen molar-refractivity contribution in [3.8, 4) is 0 Å². The maximum absolute atomic E-state index is 11.6. The van der Waals surface area contributed by atoms with Gasteiger partial charge in [0.1, 0.15) is 5.60 Å². The minimum absolute atomic E-state index is 0.372. The Morgan fingerprint density at radius 2 is 2.21 bits per heavy atom. The molecule has 0 unspecified atom stereocenters. The molecule has 0 saturated heterocycles. The van der Waals surface area contributed by atoms with E-state index in [0.717, 1.165) is 24.9 Å². The molecular formula is C15H22N2O2. The third-order valence-electron chi connectivity index (χ3n) is 2.94. The van der Waals surface area contributed by atoms with Gasteiger partial charge < -0.3 is 15.4 Å². The zero-order valence-corrected chi connectivity index (χ0v) is 11.9. The maximum atomic E-state index is 11.6. The van der Waals surface area contributed by atoms with Gasteiger partial charge in [0.2, 0.25) is 0 Å². The average molecular weight is 262 g/mol. The van der Waals surface area contributed by atoms with Crippen LogP contribution in [0.1, 0.15) is 38.3 Å². The summed E-state index contributed by atoms with van der Waals surface area (Å²) in [6.45, 7) is 7.12. The monoisotopic (exact) mass is 262 g/mol. The smallest absolute Gasteiger partial charge is 0.407 e. The molecule has 2 rings (SSSR count). The second-order valence-electron chi connectivity index (χ2n) is 5.88. The number of rotatable bonds is 2. The molecule has 1 aliphatic heterocycles. The van der Waals surface area contributed by atoms with Crippen LogP contribution in [0.5, 0.6) is 0 Å². The lowest BCUT2D eigenvalue weighted by molar-refractivity contribution is 0.0523. The molecule has 4 heteroatoms. The van der Waals surface area contributed by atoms with Crippen molar-refractivity contribution in [3.05, 3.63) is 29.3 Å². The highest BCUT2D eigenvalue weighted by molar-refractivity contribution is 5.67. The number of ether oxygens (including phenoxy) is 1. The zero-order valence-electron chi connectivity index (χ0n) is 11.9. The molecule has 1 aromatic carbocycles. The fraction of sp³-hybridized carbons (Fsp3) is 0.533. The highest BCUT2D eigenvalue weighted by atomic mass is 16.6. The molecule has 1 aromatic rings. The molecule has 1 heterocycles. The van der Waals surface area contributed by atoms with Crippen LogP contribution in [-0.2, 0) is 17.7 Å². The molecule has 4 nitrogen and oxygen atoms in total. The van der Waals surface area contributed by atoms with Crippen molar-refractivity contribution in [2.75, 3.05) is 11.9 Å². The van der Waals surface area contributed by atoms with Gasteiger partial charge in [0.25, 0.3) is 0 Å².